The first-order valence-electron chi connectivity index (χ1n) is 9.12. The summed E-state index contributed by atoms with van der Waals surface area (Å²) in [5.74, 6) is 1.80. The summed E-state index contributed by atoms with van der Waals surface area (Å²) >= 11 is 1.63. The molecule has 0 spiro atoms. The number of para-hydroxylation sites is 1. The molecule has 0 aliphatic heterocycles. The Morgan fingerprint density at radius 1 is 1.37 bits per heavy atom. The third-order valence-electron chi connectivity index (χ3n) is 4.20. The number of benzene rings is 1. The van der Waals surface area contributed by atoms with Crippen LogP contribution >= 0.6 is 11.3 Å². The van der Waals surface area contributed by atoms with Crippen LogP contribution in [0.1, 0.15) is 35.7 Å². The molecule has 1 atom stereocenters. The smallest absolute Gasteiger partial charge is 0.193 e. The third kappa shape index (κ3) is 6.52. The van der Waals surface area contributed by atoms with Crippen LogP contribution in [0.3, 0.4) is 0 Å². The zero-order chi connectivity index (χ0) is 19.6. The molecule has 6 nitrogen and oxygen atoms in total. The molecular formula is C20H30N4O2S. The molecule has 0 amide bonds. The van der Waals surface area contributed by atoms with E-state index in [1.807, 2.05) is 32.2 Å². The normalized spacial score (nSPS) is 12.7. The van der Waals surface area contributed by atoms with Gasteiger partial charge in [-0.2, -0.15) is 0 Å². The number of nitrogens with one attached hydrogen (secondary N) is 1. The van der Waals surface area contributed by atoms with Crippen molar-refractivity contribution in [2.75, 3.05) is 34.4 Å². The topological polar surface area (TPSA) is 59.0 Å². The van der Waals surface area contributed by atoms with E-state index in [9.17, 15) is 0 Å². The van der Waals surface area contributed by atoms with E-state index >= 15 is 0 Å². The number of aryl methyl sites for hydroxylation is 1. The number of methoxy groups -OCH3 is 1. The minimum Gasteiger partial charge on any atom is -0.493 e. The lowest BCUT2D eigenvalue weighted by Crippen LogP contribution is -2.39. The number of nitrogens with zero attached hydrogens (tertiary/aromatic N) is 3. The van der Waals surface area contributed by atoms with Gasteiger partial charge in [-0.25, -0.2) is 4.98 Å². The molecule has 0 saturated carbocycles. The van der Waals surface area contributed by atoms with Crippen LogP contribution in [0, 0.1) is 6.92 Å². The second-order valence-electron chi connectivity index (χ2n) is 6.35. The van der Waals surface area contributed by atoms with Crippen LogP contribution in [-0.4, -0.2) is 50.2 Å². The summed E-state index contributed by atoms with van der Waals surface area (Å²) in [4.78, 5) is 11.1. The Bertz CT molecular complexity index is 732. The quantitative estimate of drug-likeness (QED) is 0.402. The van der Waals surface area contributed by atoms with Gasteiger partial charge in [0.25, 0.3) is 0 Å². The summed E-state index contributed by atoms with van der Waals surface area (Å²) in [7, 11) is 5.51. The monoisotopic (exact) mass is 390 g/mol. The number of guanidine groups is 1. The van der Waals surface area contributed by atoms with E-state index in [-0.39, 0.29) is 6.10 Å². The Balaban J connectivity index is 1.74. The molecule has 0 fully saturated rings. The van der Waals surface area contributed by atoms with Crippen molar-refractivity contribution < 1.29 is 9.47 Å². The van der Waals surface area contributed by atoms with E-state index in [0.717, 1.165) is 40.9 Å². The average Bonchev–Trinajstić information content (AvgIpc) is 3.13. The van der Waals surface area contributed by atoms with Gasteiger partial charge >= 0.3 is 0 Å². The Labute approximate surface area is 166 Å². The van der Waals surface area contributed by atoms with Crippen LogP contribution in [0.25, 0.3) is 0 Å². The number of aromatic nitrogens is 1. The number of hydrogen-bond acceptors (Lipinski definition) is 5. The highest BCUT2D eigenvalue weighted by molar-refractivity contribution is 7.09. The SMILES string of the molecule is CN=C(NCCCOc1ccccc1C)N(C)Cc1csc(C(C)OC)n1. The van der Waals surface area contributed by atoms with Crippen molar-refractivity contribution in [3.05, 3.63) is 45.9 Å². The molecule has 1 aromatic carbocycles. The van der Waals surface area contributed by atoms with Crippen LogP contribution in [0.4, 0.5) is 0 Å². The van der Waals surface area contributed by atoms with Crippen molar-refractivity contribution in [2.45, 2.75) is 32.9 Å². The van der Waals surface area contributed by atoms with Crippen molar-refractivity contribution in [2.24, 2.45) is 4.99 Å². The molecule has 0 aliphatic carbocycles. The molecule has 0 bridgehead atoms. The second kappa shape index (κ2) is 10.9. The zero-order valence-corrected chi connectivity index (χ0v) is 17.7. The second-order valence-corrected chi connectivity index (χ2v) is 7.24. The van der Waals surface area contributed by atoms with Crippen LogP contribution < -0.4 is 10.1 Å². The Kier molecular flexibility index (Phi) is 8.54. The van der Waals surface area contributed by atoms with Gasteiger partial charge in [0.05, 0.1) is 18.8 Å². The van der Waals surface area contributed by atoms with Crippen molar-refractivity contribution in [1.82, 2.24) is 15.2 Å². The predicted octanol–water partition coefficient (Wildman–Crippen LogP) is 3.64. The third-order valence-corrected chi connectivity index (χ3v) is 5.25. The average molecular weight is 391 g/mol. The van der Waals surface area contributed by atoms with Gasteiger partial charge in [0.2, 0.25) is 0 Å². The van der Waals surface area contributed by atoms with E-state index in [2.05, 4.69) is 38.6 Å². The van der Waals surface area contributed by atoms with E-state index in [4.69, 9.17) is 9.47 Å². The molecule has 1 unspecified atom stereocenters. The number of thiazole rings is 1. The fourth-order valence-electron chi connectivity index (χ4n) is 2.56. The highest BCUT2D eigenvalue weighted by atomic mass is 32.1. The number of hydrogen-bond donors (Lipinski definition) is 1. The molecule has 0 saturated heterocycles. The van der Waals surface area contributed by atoms with Crippen LogP contribution in [0.15, 0.2) is 34.6 Å². The zero-order valence-electron chi connectivity index (χ0n) is 16.9. The summed E-state index contributed by atoms with van der Waals surface area (Å²) in [6, 6.07) is 8.07. The fourth-order valence-corrected chi connectivity index (χ4v) is 3.40. The predicted molar refractivity (Wildman–Crippen MR) is 112 cm³/mol. The summed E-state index contributed by atoms with van der Waals surface area (Å²) in [5, 5.41) is 6.45. The molecule has 1 N–H and O–H groups in total. The summed E-state index contributed by atoms with van der Waals surface area (Å²) in [5.41, 5.74) is 2.18. The molecule has 0 aliphatic rings. The maximum absolute atomic E-state index is 5.83. The molecule has 0 radical (unpaired) electrons. The summed E-state index contributed by atoms with van der Waals surface area (Å²) in [6.07, 6.45) is 0.924. The maximum Gasteiger partial charge on any atom is 0.193 e. The van der Waals surface area contributed by atoms with Crippen molar-refractivity contribution in [1.29, 1.82) is 0 Å². The lowest BCUT2D eigenvalue weighted by atomic mass is 10.2. The van der Waals surface area contributed by atoms with E-state index in [0.29, 0.717) is 13.2 Å². The Morgan fingerprint density at radius 3 is 2.85 bits per heavy atom. The van der Waals surface area contributed by atoms with E-state index in [1.165, 1.54) is 0 Å². The first-order valence-corrected chi connectivity index (χ1v) is 10.0. The van der Waals surface area contributed by atoms with Gasteiger partial charge in [-0.3, -0.25) is 4.99 Å². The van der Waals surface area contributed by atoms with Gasteiger partial charge in [-0.05, 0) is 31.9 Å². The van der Waals surface area contributed by atoms with Crippen LogP contribution in [0.2, 0.25) is 0 Å². The minimum atomic E-state index is 0.0275. The number of ether oxygens (including phenoxy) is 2. The van der Waals surface area contributed by atoms with Crippen molar-refractivity contribution in [3.8, 4) is 5.75 Å². The molecule has 2 rings (SSSR count). The van der Waals surface area contributed by atoms with Gasteiger partial charge in [0.1, 0.15) is 16.9 Å². The Hall–Kier alpha value is -2.12. The van der Waals surface area contributed by atoms with Gasteiger partial charge in [-0.1, -0.05) is 18.2 Å². The molecular weight excluding hydrogens is 360 g/mol. The van der Waals surface area contributed by atoms with Crippen molar-refractivity contribution in [3.63, 3.8) is 0 Å². The molecule has 1 aromatic heterocycles. The molecule has 7 heteroatoms. The summed E-state index contributed by atoms with van der Waals surface area (Å²) in [6.45, 7) is 6.23. The van der Waals surface area contributed by atoms with Gasteiger partial charge in [0.15, 0.2) is 5.96 Å². The van der Waals surface area contributed by atoms with Crippen LogP contribution in [0.5, 0.6) is 5.75 Å². The van der Waals surface area contributed by atoms with Gasteiger partial charge < -0.3 is 19.7 Å². The number of rotatable bonds is 9. The Morgan fingerprint density at radius 2 is 2.15 bits per heavy atom. The molecule has 148 valence electrons. The minimum absolute atomic E-state index is 0.0275. The highest BCUT2D eigenvalue weighted by Crippen LogP contribution is 2.21. The van der Waals surface area contributed by atoms with Gasteiger partial charge in [0, 0.05) is 33.1 Å². The standard InChI is InChI=1S/C20H30N4O2S/c1-15-9-6-7-10-18(15)26-12-8-11-22-20(21-3)24(4)13-17-14-27-19(23-17)16(2)25-5/h6-7,9-10,14,16H,8,11-13H2,1-5H3,(H,21,22). The highest BCUT2D eigenvalue weighted by Gasteiger charge is 2.12. The summed E-state index contributed by atoms with van der Waals surface area (Å²) < 4.78 is 11.2. The first kappa shape index (κ1) is 21.2. The largest absolute Gasteiger partial charge is 0.493 e. The molecule has 1 heterocycles. The fraction of sp³-hybridized carbons (Fsp3) is 0.500. The van der Waals surface area contributed by atoms with E-state index < -0.39 is 0 Å². The molecule has 27 heavy (non-hydrogen) atoms. The number of aliphatic imine (C=N–C) groups is 1. The molecule has 2 aromatic rings. The van der Waals surface area contributed by atoms with Crippen LogP contribution in [-0.2, 0) is 11.3 Å². The van der Waals surface area contributed by atoms with E-state index in [1.54, 1.807) is 25.5 Å². The van der Waals surface area contributed by atoms with Gasteiger partial charge in [-0.15, -0.1) is 11.3 Å². The lowest BCUT2D eigenvalue weighted by Gasteiger charge is -2.21. The maximum atomic E-state index is 5.83. The van der Waals surface area contributed by atoms with Crippen molar-refractivity contribution >= 4 is 17.3 Å². The lowest BCUT2D eigenvalue weighted by molar-refractivity contribution is 0.119. The first-order chi connectivity index (χ1) is 13.0.